The molecule has 0 unspecified atom stereocenters. The van der Waals surface area contributed by atoms with E-state index in [2.05, 4.69) is 43.4 Å². The summed E-state index contributed by atoms with van der Waals surface area (Å²) in [6.07, 6.45) is 10.7. The molecule has 8 nitrogen and oxygen atoms in total. The number of aliphatic hydroxyl groups is 1. The van der Waals surface area contributed by atoms with Gasteiger partial charge in [0.25, 0.3) is 0 Å². The maximum atomic E-state index is 9.31. The van der Waals surface area contributed by atoms with Gasteiger partial charge < -0.3 is 20.5 Å². The Hall–Kier alpha value is -1.93. The number of hydrogen-bond donors (Lipinski definition) is 3. The highest BCUT2D eigenvalue weighted by Gasteiger charge is 2.47. The van der Waals surface area contributed by atoms with E-state index in [0.29, 0.717) is 23.3 Å². The average Bonchev–Trinajstić information content (AvgIpc) is 3.41. The molecule has 2 saturated heterocycles. The quantitative estimate of drug-likeness (QED) is 0.571. The smallest absolute Gasteiger partial charge is 0.226 e. The van der Waals surface area contributed by atoms with Crippen molar-refractivity contribution in [1.29, 1.82) is 0 Å². The van der Waals surface area contributed by atoms with Crippen LogP contribution in [0.1, 0.15) is 79.1 Å². The number of rotatable bonds is 7. The van der Waals surface area contributed by atoms with E-state index in [-0.39, 0.29) is 17.7 Å². The molecule has 2 aliphatic heterocycles. The molecule has 33 heavy (non-hydrogen) atoms. The van der Waals surface area contributed by atoms with E-state index < -0.39 is 0 Å². The molecular weight excluding hydrogens is 416 g/mol. The van der Waals surface area contributed by atoms with E-state index in [1.54, 1.807) is 0 Å². The standard InChI is InChI=1S/C25H40N6O2/c1-23(2,3)31-21-19(14-27-31)20(28-18-6-5-17(13-18)7-12-32)29-22(30-21)26-15-25-10-8-24(4,9-11-25)16-33-25/h14,17-18,32H,5-13,15-16H2,1-4H3,(H2,26,28,29,30)/t17-,18-,24?,25?/m1/s1. The molecule has 3 N–H and O–H groups in total. The molecule has 0 radical (unpaired) electrons. The Bertz CT molecular complexity index is 972. The lowest BCUT2D eigenvalue weighted by atomic mass is 9.67. The minimum absolute atomic E-state index is 0.100. The van der Waals surface area contributed by atoms with Crippen LogP contribution in [0.4, 0.5) is 11.8 Å². The molecule has 2 saturated carbocycles. The number of aliphatic hydroxyl groups excluding tert-OH is 1. The van der Waals surface area contributed by atoms with Gasteiger partial charge in [0, 0.05) is 19.2 Å². The summed E-state index contributed by atoms with van der Waals surface area (Å²) in [7, 11) is 0. The number of fused-ring (bicyclic) bond motifs is 4. The molecule has 0 spiro atoms. The second-order valence-corrected chi connectivity index (χ2v) is 12.0. The third kappa shape index (κ3) is 4.56. The summed E-state index contributed by atoms with van der Waals surface area (Å²) in [4.78, 5) is 9.82. The minimum Gasteiger partial charge on any atom is -0.396 e. The van der Waals surface area contributed by atoms with E-state index in [4.69, 9.17) is 14.7 Å². The Balaban J connectivity index is 1.40. The van der Waals surface area contributed by atoms with Crippen LogP contribution in [0.5, 0.6) is 0 Å². The Morgan fingerprint density at radius 2 is 1.97 bits per heavy atom. The highest BCUT2D eigenvalue weighted by molar-refractivity contribution is 5.87. The first-order valence-corrected chi connectivity index (χ1v) is 12.7. The molecule has 4 fully saturated rings. The predicted octanol–water partition coefficient (Wildman–Crippen LogP) is 4.31. The Labute approximate surface area is 196 Å². The predicted molar refractivity (Wildman–Crippen MR) is 131 cm³/mol. The van der Waals surface area contributed by atoms with Crippen LogP contribution < -0.4 is 10.6 Å². The fraction of sp³-hybridized carbons (Fsp3) is 0.800. The van der Waals surface area contributed by atoms with Crippen LogP contribution in [0.15, 0.2) is 6.20 Å². The Kier molecular flexibility index (Phi) is 5.80. The third-order valence-electron chi connectivity index (χ3n) is 8.15. The van der Waals surface area contributed by atoms with E-state index in [9.17, 15) is 5.11 Å². The second kappa shape index (κ2) is 8.38. The molecule has 2 aromatic rings. The molecule has 2 aliphatic carbocycles. The molecule has 2 atom stereocenters. The van der Waals surface area contributed by atoms with Crippen molar-refractivity contribution in [1.82, 2.24) is 19.7 Å². The summed E-state index contributed by atoms with van der Waals surface area (Å²) >= 11 is 0. The van der Waals surface area contributed by atoms with Gasteiger partial charge in [0.1, 0.15) is 5.82 Å². The fourth-order valence-corrected chi connectivity index (χ4v) is 5.83. The number of hydrogen-bond acceptors (Lipinski definition) is 7. The maximum absolute atomic E-state index is 9.31. The van der Waals surface area contributed by atoms with Gasteiger partial charge in [0.2, 0.25) is 5.95 Å². The lowest BCUT2D eigenvalue weighted by Gasteiger charge is -2.51. The van der Waals surface area contributed by atoms with Crippen LogP contribution in [0, 0.1) is 11.3 Å². The van der Waals surface area contributed by atoms with Crippen molar-refractivity contribution in [3.8, 4) is 0 Å². The molecule has 4 heterocycles. The SMILES string of the molecule is CC12CCC(CNc3nc(N[C@@H]4CC[C@H](CCO)C4)c4cnn(C(C)(C)C)c4n3)(CC1)OC2. The first-order chi connectivity index (χ1) is 15.7. The molecule has 0 aromatic carbocycles. The van der Waals surface area contributed by atoms with Gasteiger partial charge in [-0.25, -0.2) is 4.68 Å². The molecule has 2 aromatic heterocycles. The van der Waals surface area contributed by atoms with Crippen LogP contribution in [0.2, 0.25) is 0 Å². The largest absolute Gasteiger partial charge is 0.396 e. The summed E-state index contributed by atoms with van der Waals surface area (Å²) in [5.41, 5.74) is 0.939. The van der Waals surface area contributed by atoms with Crippen LogP contribution in [-0.4, -0.2) is 56.3 Å². The summed E-state index contributed by atoms with van der Waals surface area (Å²) < 4.78 is 8.33. The number of nitrogens with zero attached hydrogens (tertiary/aromatic N) is 4. The first kappa shape index (κ1) is 22.8. The van der Waals surface area contributed by atoms with Crippen molar-refractivity contribution in [2.24, 2.45) is 11.3 Å². The molecule has 0 amide bonds. The van der Waals surface area contributed by atoms with Crippen molar-refractivity contribution in [2.75, 3.05) is 30.4 Å². The first-order valence-electron chi connectivity index (χ1n) is 12.7. The monoisotopic (exact) mass is 456 g/mol. The molecule has 182 valence electrons. The molecule has 6 rings (SSSR count). The van der Waals surface area contributed by atoms with E-state index >= 15 is 0 Å². The van der Waals surface area contributed by atoms with Gasteiger partial charge in [0.05, 0.1) is 29.3 Å². The van der Waals surface area contributed by atoms with Crippen LogP contribution in [0.25, 0.3) is 11.0 Å². The summed E-state index contributed by atoms with van der Waals surface area (Å²) in [5.74, 6) is 2.07. The van der Waals surface area contributed by atoms with Gasteiger partial charge in [0.15, 0.2) is 5.65 Å². The van der Waals surface area contributed by atoms with Crippen LogP contribution >= 0.6 is 0 Å². The lowest BCUT2D eigenvalue weighted by molar-refractivity contribution is -0.169. The molecular formula is C25H40N6O2. The van der Waals surface area contributed by atoms with Crippen LogP contribution in [-0.2, 0) is 10.3 Å². The normalized spacial score (nSPS) is 31.9. The topological polar surface area (TPSA) is 97.1 Å². The number of anilines is 2. The van der Waals surface area contributed by atoms with Crippen molar-refractivity contribution in [3.63, 3.8) is 0 Å². The molecule has 2 bridgehead atoms. The van der Waals surface area contributed by atoms with E-state index in [0.717, 1.165) is 68.5 Å². The third-order valence-corrected chi connectivity index (χ3v) is 8.15. The van der Waals surface area contributed by atoms with Gasteiger partial charge in [-0.1, -0.05) is 6.92 Å². The highest BCUT2D eigenvalue weighted by Crippen LogP contribution is 2.48. The van der Waals surface area contributed by atoms with Crippen molar-refractivity contribution >= 4 is 22.8 Å². The maximum Gasteiger partial charge on any atom is 0.226 e. The van der Waals surface area contributed by atoms with Gasteiger partial charge in [-0.3, -0.25) is 0 Å². The van der Waals surface area contributed by atoms with Crippen molar-refractivity contribution in [3.05, 3.63) is 6.20 Å². The van der Waals surface area contributed by atoms with Crippen LogP contribution in [0.3, 0.4) is 0 Å². The van der Waals surface area contributed by atoms with Crippen molar-refractivity contribution < 1.29 is 9.84 Å². The fourth-order valence-electron chi connectivity index (χ4n) is 5.83. The Morgan fingerprint density at radius 1 is 1.18 bits per heavy atom. The van der Waals surface area contributed by atoms with E-state index in [1.165, 1.54) is 12.8 Å². The van der Waals surface area contributed by atoms with Gasteiger partial charge in [-0.05, 0) is 83.5 Å². The highest BCUT2D eigenvalue weighted by atomic mass is 16.5. The van der Waals surface area contributed by atoms with Gasteiger partial charge >= 0.3 is 0 Å². The number of ether oxygens (including phenoxy) is 1. The van der Waals surface area contributed by atoms with Gasteiger partial charge in [-0.2, -0.15) is 15.1 Å². The molecule has 4 aliphatic rings. The summed E-state index contributed by atoms with van der Waals surface area (Å²) in [6.45, 7) is 10.6. The minimum atomic E-state index is -0.177. The molecule has 8 heteroatoms. The number of aromatic nitrogens is 4. The second-order valence-electron chi connectivity index (χ2n) is 12.0. The lowest BCUT2D eigenvalue weighted by Crippen LogP contribution is -2.53. The van der Waals surface area contributed by atoms with E-state index in [1.807, 2.05) is 10.9 Å². The Morgan fingerprint density at radius 3 is 2.64 bits per heavy atom. The zero-order valence-electron chi connectivity index (χ0n) is 20.7. The van der Waals surface area contributed by atoms with Crippen molar-refractivity contribution in [2.45, 2.75) is 96.2 Å². The average molecular weight is 457 g/mol. The zero-order chi connectivity index (χ0) is 23.3. The van der Waals surface area contributed by atoms with Gasteiger partial charge in [-0.15, -0.1) is 0 Å². The number of nitrogens with one attached hydrogen (secondary N) is 2. The summed E-state index contributed by atoms with van der Waals surface area (Å²) in [5, 5.41) is 22.2. The summed E-state index contributed by atoms with van der Waals surface area (Å²) in [6, 6.07) is 0.363. The zero-order valence-corrected chi connectivity index (χ0v) is 20.7.